The summed E-state index contributed by atoms with van der Waals surface area (Å²) in [6.07, 6.45) is 3.28. The highest BCUT2D eigenvalue weighted by molar-refractivity contribution is 8.00. The summed E-state index contributed by atoms with van der Waals surface area (Å²) in [5.41, 5.74) is 7.02. The minimum Gasteiger partial charge on any atom is -0.337 e. The molecule has 3 nitrogen and oxygen atoms in total. The Labute approximate surface area is 128 Å². The number of aryl methyl sites for hydroxylation is 1. The molecule has 2 atom stereocenters. The number of carbonyl (C=O) groups excluding carboxylic acids is 1. The van der Waals surface area contributed by atoms with E-state index >= 15 is 0 Å². The molecule has 6 heteroatoms. The Hall–Kier alpha value is -0.230. The number of hydrogen-bond acceptors (Lipinski definition) is 4. The molecular formula is C13H19ClN2OS2. The summed E-state index contributed by atoms with van der Waals surface area (Å²) in [4.78, 5) is 16.1. The molecule has 0 saturated carbocycles. The first-order chi connectivity index (χ1) is 8.81. The normalized spacial score (nSPS) is 25.8. The first-order valence-corrected chi connectivity index (χ1v) is 8.42. The van der Waals surface area contributed by atoms with E-state index in [4.69, 9.17) is 5.73 Å². The maximum atomic E-state index is 12.7. The van der Waals surface area contributed by atoms with Crippen molar-refractivity contribution in [2.45, 2.75) is 30.6 Å². The van der Waals surface area contributed by atoms with Crippen LogP contribution in [0.15, 0.2) is 11.4 Å². The van der Waals surface area contributed by atoms with Crippen molar-refractivity contribution in [3.05, 3.63) is 21.9 Å². The van der Waals surface area contributed by atoms with Crippen LogP contribution in [0, 0.1) is 0 Å². The topological polar surface area (TPSA) is 46.3 Å². The van der Waals surface area contributed by atoms with Crippen LogP contribution in [0.4, 0.5) is 0 Å². The minimum absolute atomic E-state index is 0. The van der Waals surface area contributed by atoms with Gasteiger partial charge in [0.15, 0.2) is 0 Å². The van der Waals surface area contributed by atoms with E-state index in [1.54, 1.807) is 23.1 Å². The Bertz CT molecular complexity index is 452. The minimum atomic E-state index is 0. The third-order valence-corrected chi connectivity index (χ3v) is 6.06. The second-order valence-corrected chi connectivity index (χ2v) is 7.08. The zero-order valence-electron chi connectivity index (χ0n) is 10.7. The highest BCUT2D eigenvalue weighted by Crippen LogP contribution is 2.41. The largest absolute Gasteiger partial charge is 0.337 e. The van der Waals surface area contributed by atoms with Gasteiger partial charge in [-0.15, -0.1) is 35.5 Å². The van der Waals surface area contributed by atoms with Crippen LogP contribution in [-0.4, -0.2) is 35.7 Å². The fourth-order valence-corrected chi connectivity index (χ4v) is 5.23. The molecule has 2 aliphatic rings. The standard InChI is InChI=1S/C13H18N2OS2.ClH/c14-8-9-2-1-5-15(9)13(16)12-10-3-6-17-11(10)4-7-18-12;/h3,6,9,12H,1-2,4-5,7-8,14H2;1H. The third-order valence-electron chi connectivity index (χ3n) is 3.83. The lowest BCUT2D eigenvalue weighted by atomic mass is 10.1. The molecule has 0 bridgehead atoms. The molecule has 1 aromatic rings. The van der Waals surface area contributed by atoms with Gasteiger partial charge in [-0.2, -0.15) is 0 Å². The highest BCUT2D eigenvalue weighted by Gasteiger charge is 2.35. The van der Waals surface area contributed by atoms with E-state index in [0.29, 0.717) is 6.54 Å². The number of halogens is 1. The molecule has 2 aliphatic heterocycles. The number of fused-ring (bicyclic) bond motifs is 1. The van der Waals surface area contributed by atoms with Gasteiger partial charge in [-0.05, 0) is 42.0 Å². The van der Waals surface area contributed by atoms with E-state index in [1.807, 2.05) is 4.90 Å². The molecule has 1 saturated heterocycles. The molecule has 2 unspecified atom stereocenters. The van der Waals surface area contributed by atoms with Crippen molar-refractivity contribution >= 4 is 41.4 Å². The highest BCUT2D eigenvalue weighted by atomic mass is 35.5. The average molecular weight is 319 g/mol. The summed E-state index contributed by atoms with van der Waals surface area (Å²) in [7, 11) is 0. The van der Waals surface area contributed by atoms with Crippen LogP contribution in [-0.2, 0) is 11.2 Å². The molecule has 3 heterocycles. The lowest BCUT2D eigenvalue weighted by Crippen LogP contribution is -2.42. The van der Waals surface area contributed by atoms with Crippen LogP contribution in [0.25, 0.3) is 0 Å². The summed E-state index contributed by atoms with van der Waals surface area (Å²) in [6.45, 7) is 1.48. The number of carbonyl (C=O) groups is 1. The van der Waals surface area contributed by atoms with E-state index < -0.39 is 0 Å². The van der Waals surface area contributed by atoms with Crippen LogP contribution < -0.4 is 5.73 Å². The number of rotatable bonds is 2. The number of nitrogens with zero attached hydrogens (tertiary/aromatic N) is 1. The quantitative estimate of drug-likeness (QED) is 0.911. The van der Waals surface area contributed by atoms with E-state index in [9.17, 15) is 4.79 Å². The maximum absolute atomic E-state index is 12.7. The number of nitrogens with two attached hydrogens (primary N) is 1. The van der Waals surface area contributed by atoms with Gasteiger partial charge in [0.1, 0.15) is 5.25 Å². The van der Waals surface area contributed by atoms with Gasteiger partial charge >= 0.3 is 0 Å². The van der Waals surface area contributed by atoms with Gasteiger partial charge in [-0.3, -0.25) is 4.79 Å². The number of amides is 1. The number of thioether (sulfide) groups is 1. The maximum Gasteiger partial charge on any atom is 0.240 e. The molecular weight excluding hydrogens is 300 g/mol. The monoisotopic (exact) mass is 318 g/mol. The lowest BCUT2D eigenvalue weighted by Gasteiger charge is -2.30. The smallest absolute Gasteiger partial charge is 0.240 e. The Morgan fingerprint density at radius 2 is 2.37 bits per heavy atom. The average Bonchev–Trinajstić information content (AvgIpc) is 3.05. The Kier molecular flexibility index (Phi) is 5.17. The van der Waals surface area contributed by atoms with Crippen molar-refractivity contribution in [2.24, 2.45) is 5.73 Å². The molecule has 0 aromatic carbocycles. The van der Waals surface area contributed by atoms with E-state index in [1.165, 1.54) is 10.4 Å². The van der Waals surface area contributed by atoms with Gasteiger partial charge in [-0.1, -0.05) is 0 Å². The molecule has 0 aliphatic carbocycles. The van der Waals surface area contributed by atoms with Crippen molar-refractivity contribution in [1.29, 1.82) is 0 Å². The number of likely N-dealkylation sites (tertiary alicyclic amines) is 1. The molecule has 106 valence electrons. The first-order valence-electron chi connectivity index (χ1n) is 6.49. The van der Waals surface area contributed by atoms with Gasteiger partial charge < -0.3 is 10.6 Å². The van der Waals surface area contributed by atoms with Crippen molar-refractivity contribution < 1.29 is 4.79 Å². The predicted octanol–water partition coefficient (Wildman–Crippen LogP) is 2.45. The summed E-state index contributed by atoms with van der Waals surface area (Å²) in [5.74, 6) is 1.35. The summed E-state index contributed by atoms with van der Waals surface area (Å²) < 4.78 is 0. The van der Waals surface area contributed by atoms with Gasteiger partial charge in [0.25, 0.3) is 0 Å². The fraction of sp³-hybridized carbons (Fsp3) is 0.615. The van der Waals surface area contributed by atoms with Gasteiger partial charge in [-0.25, -0.2) is 0 Å². The molecule has 0 radical (unpaired) electrons. The SMILES string of the molecule is Cl.NCC1CCCN1C(=O)C1SCCc2sccc21. The summed E-state index contributed by atoms with van der Waals surface area (Å²) in [6, 6.07) is 2.39. The molecule has 19 heavy (non-hydrogen) atoms. The molecule has 0 spiro atoms. The second-order valence-electron chi connectivity index (χ2n) is 4.86. The van der Waals surface area contributed by atoms with Crippen LogP contribution in [0.3, 0.4) is 0 Å². The predicted molar refractivity (Wildman–Crippen MR) is 84.3 cm³/mol. The second kappa shape index (κ2) is 6.48. The zero-order chi connectivity index (χ0) is 12.5. The van der Waals surface area contributed by atoms with Gasteiger partial charge in [0, 0.05) is 24.0 Å². The van der Waals surface area contributed by atoms with Gasteiger partial charge in [0.05, 0.1) is 0 Å². The Morgan fingerprint density at radius 1 is 1.53 bits per heavy atom. The van der Waals surface area contributed by atoms with E-state index in [2.05, 4.69) is 11.4 Å². The van der Waals surface area contributed by atoms with E-state index in [0.717, 1.165) is 31.6 Å². The van der Waals surface area contributed by atoms with Gasteiger partial charge in [0.2, 0.25) is 5.91 Å². The Morgan fingerprint density at radius 3 is 3.16 bits per heavy atom. The zero-order valence-corrected chi connectivity index (χ0v) is 13.2. The fourth-order valence-electron chi connectivity index (χ4n) is 2.87. The number of hydrogen-bond donors (Lipinski definition) is 1. The van der Waals surface area contributed by atoms with Crippen molar-refractivity contribution in [3.8, 4) is 0 Å². The molecule has 1 aromatic heterocycles. The van der Waals surface area contributed by atoms with E-state index in [-0.39, 0.29) is 29.6 Å². The van der Waals surface area contributed by atoms with Crippen LogP contribution in [0.1, 0.15) is 28.5 Å². The van der Waals surface area contributed by atoms with Crippen LogP contribution in [0.2, 0.25) is 0 Å². The van der Waals surface area contributed by atoms with Crippen molar-refractivity contribution in [2.75, 3.05) is 18.8 Å². The molecule has 1 amide bonds. The third kappa shape index (κ3) is 2.79. The van der Waals surface area contributed by atoms with Crippen molar-refractivity contribution in [1.82, 2.24) is 4.90 Å². The van der Waals surface area contributed by atoms with Crippen molar-refractivity contribution in [3.63, 3.8) is 0 Å². The summed E-state index contributed by atoms with van der Waals surface area (Å²) >= 11 is 3.58. The lowest BCUT2D eigenvalue weighted by molar-refractivity contribution is -0.131. The number of thiophene rings is 1. The first kappa shape index (κ1) is 15.2. The molecule has 2 N–H and O–H groups in total. The summed E-state index contributed by atoms with van der Waals surface area (Å²) in [5, 5.41) is 2.13. The van der Waals surface area contributed by atoms with Crippen LogP contribution in [0.5, 0.6) is 0 Å². The molecule has 1 fully saturated rings. The molecule has 3 rings (SSSR count). The van der Waals surface area contributed by atoms with Crippen LogP contribution >= 0.6 is 35.5 Å². The Balaban J connectivity index is 0.00000133.